The summed E-state index contributed by atoms with van der Waals surface area (Å²) in [6, 6.07) is 10.7. The van der Waals surface area contributed by atoms with Gasteiger partial charge >= 0.3 is 0 Å². The van der Waals surface area contributed by atoms with E-state index in [2.05, 4.69) is 21.1 Å². The second-order valence-electron chi connectivity index (χ2n) is 7.72. The van der Waals surface area contributed by atoms with Crippen LogP contribution in [0.25, 0.3) is 0 Å². The zero-order chi connectivity index (χ0) is 26.2. The van der Waals surface area contributed by atoms with Crippen LogP contribution >= 0.6 is 0 Å². The van der Waals surface area contributed by atoms with Crippen LogP contribution in [0.4, 0.5) is 0 Å². The highest BCUT2D eigenvalue weighted by Gasteiger charge is 2.05. The number of carbonyl (C=O) groups excluding carboxylic acids is 2. The number of ether oxygens (including phenoxy) is 4. The van der Waals surface area contributed by atoms with Crippen LogP contribution < -0.4 is 29.8 Å². The van der Waals surface area contributed by atoms with Crippen LogP contribution in [0.2, 0.25) is 0 Å². The molecule has 0 aromatic heterocycles. The summed E-state index contributed by atoms with van der Waals surface area (Å²) in [7, 11) is 6.27. The third kappa shape index (κ3) is 9.65. The molecule has 0 aliphatic carbocycles. The van der Waals surface area contributed by atoms with Crippen molar-refractivity contribution in [1.29, 1.82) is 0 Å². The van der Waals surface area contributed by atoms with Gasteiger partial charge in [0.1, 0.15) is 23.0 Å². The predicted octanol–water partition coefficient (Wildman–Crippen LogP) is 3.66. The summed E-state index contributed by atoms with van der Waals surface area (Å²) in [6.07, 6.45) is 6.87. The lowest BCUT2D eigenvalue weighted by atomic mass is 10.1. The summed E-state index contributed by atoms with van der Waals surface area (Å²) in [4.78, 5) is 23.9. The Labute approximate surface area is 211 Å². The van der Waals surface area contributed by atoms with Gasteiger partial charge < -0.3 is 18.9 Å². The molecule has 194 valence electrons. The maximum atomic E-state index is 12.0. The van der Waals surface area contributed by atoms with Gasteiger partial charge in [0.15, 0.2) is 0 Å². The SMILES string of the molecule is COc1ccc(C=NNC(=O)CCCCCCC(=O)NN=Cc2ccc(OC)cc2OC)c(OC)c1. The molecule has 0 fully saturated rings. The summed E-state index contributed by atoms with van der Waals surface area (Å²) in [5.41, 5.74) is 6.49. The molecule has 2 aromatic carbocycles. The van der Waals surface area contributed by atoms with Crippen LogP contribution in [0.5, 0.6) is 23.0 Å². The van der Waals surface area contributed by atoms with Crippen molar-refractivity contribution in [2.45, 2.75) is 38.5 Å². The number of hydrazone groups is 2. The van der Waals surface area contributed by atoms with Crippen LogP contribution in [-0.4, -0.2) is 52.7 Å². The topological polar surface area (TPSA) is 120 Å². The molecule has 36 heavy (non-hydrogen) atoms. The molecule has 2 N–H and O–H groups in total. The number of nitrogens with one attached hydrogen (secondary N) is 2. The molecule has 0 saturated heterocycles. The van der Waals surface area contributed by atoms with Crippen molar-refractivity contribution in [2.75, 3.05) is 28.4 Å². The first kappa shape index (κ1) is 28.2. The van der Waals surface area contributed by atoms with E-state index in [4.69, 9.17) is 18.9 Å². The van der Waals surface area contributed by atoms with Crippen molar-refractivity contribution < 1.29 is 28.5 Å². The van der Waals surface area contributed by atoms with E-state index in [1.165, 1.54) is 12.4 Å². The highest BCUT2D eigenvalue weighted by molar-refractivity contribution is 5.86. The van der Waals surface area contributed by atoms with Crippen molar-refractivity contribution in [3.63, 3.8) is 0 Å². The van der Waals surface area contributed by atoms with Crippen molar-refractivity contribution in [3.8, 4) is 23.0 Å². The fourth-order valence-corrected chi connectivity index (χ4v) is 3.23. The van der Waals surface area contributed by atoms with E-state index in [0.29, 0.717) is 48.7 Å². The van der Waals surface area contributed by atoms with Crippen molar-refractivity contribution >= 4 is 24.2 Å². The zero-order valence-electron chi connectivity index (χ0n) is 21.2. The molecule has 10 nitrogen and oxygen atoms in total. The quantitative estimate of drug-likeness (QED) is 0.220. The highest BCUT2D eigenvalue weighted by atomic mass is 16.5. The average molecular weight is 499 g/mol. The van der Waals surface area contributed by atoms with E-state index in [9.17, 15) is 9.59 Å². The number of amides is 2. The minimum absolute atomic E-state index is 0.167. The fourth-order valence-electron chi connectivity index (χ4n) is 3.23. The normalized spacial score (nSPS) is 10.9. The van der Waals surface area contributed by atoms with Gasteiger partial charge in [-0.15, -0.1) is 0 Å². The van der Waals surface area contributed by atoms with Crippen LogP contribution in [0.3, 0.4) is 0 Å². The molecule has 0 spiro atoms. The van der Waals surface area contributed by atoms with E-state index < -0.39 is 0 Å². The molecule has 0 aliphatic rings. The van der Waals surface area contributed by atoms with Gasteiger partial charge in [0.05, 0.1) is 40.9 Å². The molecular formula is C26H34N4O6. The van der Waals surface area contributed by atoms with E-state index in [1.807, 2.05) is 0 Å². The van der Waals surface area contributed by atoms with E-state index >= 15 is 0 Å². The first-order valence-electron chi connectivity index (χ1n) is 11.6. The minimum atomic E-state index is -0.167. The number of hydrogen-bond donors (Lipinski definition) is 2. The second kappa shape index (κ2) is 15.8. The van der Waals surface area contributed by atoms with Gasteiger partial charge in [-0.05, 0) is 37.1 Å². The van der Waals surface area contributed by atoms with Crippen LogP contribution in [0, 0.1) is 0 Å². The number of benzene rings is 2. The third-order valence-corrected chi connectivity index (χ3v) is 5.22. The standard InChI is InChI=1S/C26H34N4O6/c1-33-21-13-11-19(23(15-21)35-3)17-27-29-25(31)9-7-5-6-8-10-26(32)30-28-18-20-12-14-22(34-2)16-24(20)36-4/h11-18H,5-10H2,1-4H3,(H,29,31)(H,30,32). The number of rotatable bonds is 15. The van der Waals surface area contributed by atoms with Crippen LogP contribution in [-0.2, 0) is 9.59 Å². The molecular weight excluding hydrogens is 464 g/mol. The van der Waals surface area contributed by atoms with Gasteiger partial charge in [-0.3, -0.25) is 9.59 Å². The number of unbranched alkanes of at least 4 members (excludes halogenated alkanes) is 3. The maximum Gasteiger partial charge on any atom is 0.240 e. The Morgan fingerprint density at radius 1 is 0.667 bits per heavy atom. The highest BCUT2D eigenvalue weighted by Crippen LogP contribution is 2.24. The molecule has 0 heterocycles. The zero-order valence-corrected chi connectivity index (χ0v) is 21.2. The minimum Gasteiger partial charge on any atom is -0.497 e. The van der Waals surface area contributed by atoms with Gasteiger partial charge in [0, 0.05) is 36.1 Å². The molecule has 2 aromatic rings. The second-order valence-corrected chi connectivity index (χ2v) is 7.72. The van der Waals surface area contributed by atoms with Crippen LogP contribution in [0.1, 0.15) is 49.7 Å². The van der Waals surface area contributed by atoms with Crippen LogP contribution in [0.15, 0.2) is 46.6 Å². The largest absolute Gasteiger partial charge is 0.497 e. The molecule has 2 rings (SSSR count). The fraction of sp³-hybridized carbons (Fsp3) is 0.385. The smallest absolute Gasteiger partial charge is 0.240 e. The summed E-state index contributed by atoms with van der Waals surface area (Å²) in [5.74, 6) is 2.21. The van der Waals surface area contributed by atoms with E-state index in [1.54, 1.807) is 64.8 Å². The molecule has 0 bridgehead atoms. The lowest BCUT2D eigenvalue weighted by molar-refractivity contribution is -0.122. The van der Waals surface area contributed by atoms with Crippen molar-refractivity contribution in [1.82, 2.24) is 10.9 Å². The molecule has 0 radical (unpaired) electrons. The van der Waals surface area contributed by atoms with Crippen molar-refractivity contribution in [2.24, 2.45) is 10.2 Å². The third-order valence-electron chi connectivity index (χ3n) is 5.22. The Kier molecular flexibility index (Phi) is 12.3. The molecule has 0 aliphatic heterocycles. The first-order chi connectivity index (χ1) is 17.5. The Balaban J connectivity index is 1.60. The van der Waals surface area contributed by atoms with Gasteiger partial charge in [-0.25, -0.2) is 10.9 Å². The lowest BCUT2D eigenvalue weighted by Gasteiger charge is -2.07. The van der Waals surface area contributed by atoms with Crippen molar-refractivity contribution in [3.05, 3.63) is 47.5 Å². The molecule has 2 amide bonds. The van der Waals surface area contributed by atoms with Gasteiger partial charge in [-0.1, -0.05) is 12.8 Å². The Hall–Kier alpha value is -4.08. The Bertz CT molecular complexity index is 971. The molecule has 0 unspecified atom stereocenters. The number of nitrogens with zero attached hydrogens (tertiary/aromatic N) is 2. The van der Waals surface area contributed by atoms with Gasteiger partial charge in [0.2, 0.25) is 11.8 Å². The monoisotopic (exact) mass is 498 g/mol. The maximum absolute atomic E-state index is 12.0. The van der Waals surface area contributed by atoms with Gasteiger partial charge in [-0.2, -0.15) is 10.2 Å². The molecule has 0 atom stereocenters. The summed E-state index contributed by atoms with van der Waals surface area (Å²) in [5, 5.41) is 7.98. The molecule has 0 saturated carbocycles. The first-order valence-corrected chi connectivity index (χ1v) is 11.6. The van der Waals surface area contributed by atoms with Gasteiger partial charge in [0.25, 0.3) is 0 Å². The number of carbonyl (C=O) groups is 2. The Morgan fingerprint density at radius 2 is 1.08 bits per heavy atom. The summed E-state index contributed by atoms with van der Waals surface area (Å²) in [6.45, 7) is 0. The summed E-state index contributed by atoms with van der Waals surface area (Å²) < 4.78 is 20.9. The van der Waals surface area contributed by atoms with E-state index in [0.717, 1.165) is 24.0 Å². The average Bonchev–Trinajstić information content (AvgIpc) is 2.90. The lowest BCUT2D eigenvalue weighted by Crippen LogP contribution is -2.17. The molecule has 10 heteroatoms. The number of hydrogen-bond acceptors (Lipinski definition) is 8. The summed E-state index contributed by atoms with van der Waals surface area (Å²) >= 11 is 0. The Morgan fingerprint density at radius 3 is 1.44 bits per heavy atom. The van der Waals surface area contributed by atoms with E-state index in [-0.39, 0.29) is 11.8 Å². The predicted molar refractivity (Wildman–Crippen MR) is 138 cm³/mol. The number of methoxy groups -OCH3 is 4.